The number of phenols is 1. The van der Waals surface area contributed by atoms with Crippen molar-refractivity contribution in [3.8, 4) is 47.1 Å². The average Bonchev–Trinajstić information content (AvgIpc) is 3.58. The Bertz CT molecular complexity index is 1970. The Kier molecular flexibility index (Phi) is 7.19. The molecule has 2 atom stereocenters. The molecule has 3 aliphatic rings. The highest BCUT2D eigenvalue weighted by atomic mass is 19.1. The van der Waals surface area contributed by atoms with Crippen molar-refractivity contribution < 1.29 is 18.6 Å². The second-order valence-corrected chi connectivity index (χ2v) is 11.7. The zero-order chi connectivity index (χ0) is 31.1. The second kappa shape index (κ2) is 11.4. The molecule has 0 saturated carbocycles. The van der Waals surface area contributed by atoms with E-state index in [1.54, 1.807) is 35.2 Å². The molecular weight excluding hydrogens is 578 g/mol. The Morgan fingerprint density at radius 2 is 1.96 bits per heavy atom. The Morgan fingerprint density at radius 1 is 1.11 bits per heavy atom. The summed E-state index contributed by atoms with van der Waals surface area (Å²) < 4.78 is 37.4. The van der Waals surface area contributed by atoms with Crippen molar-refractivity contribution >= 4 is 27.5 Å². The summed E-state index contributed by atoms with van der Waals surface area (Å²) in [7, 11) is 0. The summed E-state index contributed by atoms with van der Waals surface area (Å²) in [5.74, 6) is 4.80. The molecule has 3 fully saturated rings. The van der Waals surface area contributed by atoms with E-state index in [2.05, 4.69) is 32.9 Å². The number of alkyl halides is 1. The first kappa shape index (κ1) is 28.5. The lowest BCUT2D eigenvalue weighted by Crippen LogP contribution is -2.45. The lowest BCUT2D eigenvalue weighted by molar-refractivity contribution is 0.107. The minimum atomic E-state index is -0.927. The minimum absolute atomic E-state index is 0.0182. The Morgan fingerprint density at radius 3 is 2.76 bits per heavy atom. The van der Waals surface area contributed by atoms with Gasteiger partial charge in [0.2, 0.25) is 0 Å². The number of aromatic hydroxyl groups is 1. The van der Waals surface area contributed by atoms with Gasteiger partial charge in [-0.2, -0.15) is 20.5 Å². The van der Waals surface area contributed by atoms with Gasteiger partial charge in [-0.1, -0.05) is 18.1 Å². The maximum atomic E-state index is 16.7. The lowest BCUT2D eigenvalue weighted by atomic mass is 9.95. The molecule has 3 aliphatic heterocycles. The number of rotatable bonds is 5. The quantitative estimate of drug-likeness (QED) is 0.262. The van der Waals surface area contributed by atoms with Crippen molar-refractivity contribution in [3.63, 3.8) is 0 Å². The van der Waals surface area contributed by atoms with E-state index in [1.165, 1.54) is 12.3 Å². The molecule has 45 heavy (non-hydrogen) atoms. The summed E-state index contributed by atoms with van der Waals surface area (Å²) in [5.41, 5.74) is 0.250. The zero-order valence-electron chi connectivity index (χ0n) is 24.3. The van der Waals surface area contributed by atoms with Crippen LogP contribution in [0.25, 0.3) is 32.9 Å². The van der Waals surface area contributed by atoms with E-state index in [9.17, 15) is 14.8 Å². The number of phenolic OH excluding ortho intramolecular Hbond substituents is 1. The van der Waals surface area contributed by atoms with Gasteiger partial charge in [0.1, 0.15) is 35.6 Å². The van der Waals surface area contributed by atoms with Crippen LogP contribution in [-0.4, -0.2) is 87.4 Å². The van der Waals surface area contributed by atoms with Gasteiger partial charge < -0.3 is 19.6 Å². The molecule has 2 unspecified atom stereocenters. The molecule has 226 valence electrons. The van der Waals surface area contributed by atoms with Crippen molar-refractivity contribution in [1.82, 2.24) is 24.8 Å². The fourth-order valence-electron chi connectivity index (χ4n) is 6.98. The number of piperazine rings is 1. The number of aromatic nitrogens is 3. The molecule has 0 amide bonds. The number of nitrogens with zero attached hydrogens (tertiary/aromatic N) is 8. The molecule has 0 spiro atoms. The third-order valence-electron chi connectivity index (χ3n) is 9.06. The van der Waals surface area contributed by atoms with Crippen LogP contribution in [0.1, 0.15) is 24.8 Å². The summed E-state index contributed by atoms with van der Waals surface area (Å²) in [6.45, 7) is 3.26. The number of ether oxygens (including phenoxy) is 1. The Labute approximate surface area is 258 Å². The third-order valence-corrected chi connectivity index (χ3v) is 9.06. The molecular formula is C33H28F2N8O2. The largest absolute Gasteiger partial charge is 0.508 e. The molecule has 0 bridgehead atoms. The van der Waals surface area contributed by atoms with E-state index in [1.807, 2.05) is 4.90 Å². The Hall–Kier alpha value is -5.25. The van der Waals surface area contributed by atoms with Gasteiger partial charge in [-0.05, 0) is 43.0 Å². The van der Waals surface area contributed by atoms with E-state index in [4.69, 9.17) is 15.0 Å². The molecule has 0 radical (unpaired) electrons. The maximum absolute atomic E-state index is 16.7. The van der Waals surface area contributed by atoms with Crippen molar-refractivity contribution in [3.05, 3.63) is 47.9 Å². The van der Waals surface area contributed by atoms with E-state index in [-0.39, 0.29) is 35.1 Å². The molecule has 2 aromatic heterocycles. The monoisotopic (exact) mass is 606 g/mol. The zero-order valence-corrected chi connectivity index (χ0v) is 24.3. The molecule has 2 aromatic carbocycles. The summed E-state index contributed by atoms with van der Waals surface area (Å²) in [4.78, 5) is 19.5. The smallest absolute Gasteiger partial charge is 0.319 e. The number of halogens is 2. The van der Waals surface area contributed by atoms with Crippen LogP contribution < -0.4 is 9.64 Å². The number of hydrogen-bond donors (Lipinski definition) is 1. The van der Waals surface area contributed by atoms with Crippen LogP contribution >= 0.6 is 0 Å². The van der Waals surface area contributed by atoms with Gasteiger partial charge in [0.15, 0.2) is 18.1 Å². The maximum Gasteiger partial charge on any atom is 0.319 e. The van der Waals surface area contributed by atoms with Gasteiger partial charge in [-0.25, -0.2) is 8.78 Å². The number of benzene rings is 2. The predicted octanol–water partition coefficient (Wildman–Crippen LogP) is 4.12. The highest BCUT2D eigenvalue weighted by molar-refractivity contribution is 6.03. The number of fused-ring (bicyclic) bond motifs is 3. The molecule has 4 aromatic rings. The molecule has 0 aliphatic carbocycles. The molecule has 12 heteroatoms. The molecule has 1 N–H and O–H groups in total. The SMILES string of the molecule is N#CC#Cc1cccc2cc(O)cc(-c3ncc4c(N5CCN(C#N)CC5)nc(OCC56CCCN5CC(F)C6)nc4c3F)c12. The number of nitriles is 2. The topological polar surface area (TPSA) is 125 Å². The van der Waals surface area contributed by atoms with Gasteiger partial charge in [0, 0.05) is 67.8 Å². The number of anilines is 1. The van der Waals surface area contributed by atoms with E-state index < -0.39 is 17.5 Å². The fourth-order valence-corrected chi connectivity index (χ4v) is 6.98. The van der Waals surface area contributed by atoms with Crippen molar-refractivity contribution in [1.29, 1.82) is 10.5 Å². The van der Waals surface area contributed by atoms with E-state index >= 15 is 4.39 Å². The van der Waals surface area contributed by atoms with Crippen LogP contribution in [-0.2, 0) is 0 Å². The van der Waals surface area contributed by atoms with Crippen molar-refractivity contribution in [2.24, 2.45) is 0 Å². The highest BCUT2D eigenvalue weighted by Crippen LogP contribution is 2.41. The number of hydrogen-bond acceptors (Lipinski definition) is 10. The average molecular weight is 607 g/mol. The predicted molar refractivity (Wildman–Crippen MR) is 162 cm³/mol. The normalized spacial score (nSPS) is 21.3. The van der Waals surface area contributed by atoms with Crippen LogP contribution in [0.15, 0.2) is 36.5 Å². The molecule has 7 rings (SSSR count). The summed E-state index contributed by atoms with van der Waals surface area (Å²) in [6.07, 6.45) is 4.86. The van der Waals surface area contributed by atoms with Crippen LogP contribution in [0, 0.1) is 40.4 Å². The van der Waals surface area contributed by atoms with Gasteiger partial charge in [0.25, 0.3) is 0 Å². The summed E-state index contributed by atoms with van der Waals surface area (Å²) in [5, 5.41) is 30.5. The van der Waals surface area contributed by atoms with Gasteiger partial charge >= 0.3 is 6.01 Å². The van der Waals surface area contributed by atoms with Crippen LogP contribution in [0.3, 0.4) is 0 Å². The van der Waals surface area contributed by atoms with Crippen molar-refractivity contribution in [2.45, 2.75) is 31.0 Å². The first-order valence-electron chi connectivity index (χ1n) is 14.8. The van der Waals surface area contributed by atoms with Crippen LogP contribution in [0.2, 0.25) is 0 Å². The molecule has 3 saturated heterocycles. The third kappa shape index (κ3) is 5.05. The lowest BCUT2D eigenvalue weighted by Gasteiger charge is -2.33. The Balaban J connectivity index is 1.36. The van der Waals surface area contributed by atoms with Gasteiger partial charge in [-0.15, -0.1) is 0 Å². The first-order valence-corrected chi connectivity index (χ1v) is 14.8. The highest BCUT2D eigenvalue weighted by Gasteiger charge is 2.49. The van der Waals surface area contributed by atoms with Gasteiger partial charge in [-0.3, -0.25) is 9.88 Å². The fraction of sp³-hybridized carbons (Fsp3) is 0.364. The van der Waals surface area contributed by atoms with Crippen LogP contribution in [0.4, 0.5) is 14.6 Å². The second-order valence-electron chi connectivity index (χ2n) is 11.7. The van der Waals surface area contributed by atoms with E-state index in [0.29, 0.717) is 66.7 Å². The van der Waals surface area contributed by atoms with Gasteiger partial charge in [0.05, 0.1) is 10.9 Å². The first-order chi connectivity index (χ1) is 21.9. The molecule has 10 nitrogen and oxygen atoms in total. The molecule has 5 heterocycles. The van der Waals surface area contributed by atoms with Crippen LogP contribution in [0.5, 0.6) is 11.8 Å². The minimum Gasteiger partial charge on any atom is -0.508 e. The standard InChI is InChI=1S/C33H28F2N8O2/c34-23-16-33(7-3-9-43(33)18-23)19-45-32-39-30-26(31(40-32)42-12-10-41(20-37)11-13-42)17-38-29(28(30)35)25-15-24(44)14-22-5-1-4-21(27(22)25)6-2-8-36/h1,4-5,14-15,17,23,44H,3,7,9-13,16,18-19H2. The van der Waals surface area contributed by atoms with E-state index in [0.717, 1.165) is 19.4 Å². The number of pyridine rings is 1. The summed E-state index contributed by atoms with van der Waals surface area (Å²) >= 11 is 0. The summed E-state index contributed by atoms with van der Waals surface area (Å²) in [6, 6.07) is 9.96. The van der Waals surface area contributed by atoms with Crippen molar-refractivity contribution in [2.75, 3.05) is 50.8 Å².